The van der Waals surface area contributed by atoms with Crippen molar-refractivity contribution in [2.75, 3.05) is 0 Å². The van der Waals surface area contributed by atoms with Crippen LogP contribution in [-0.4, -0.2) is 29.5 Å². The Bertz CT molecular complexity index is 444. The molecule has 0 saturated heterocycles. The molecule has 21 heavy (non-hydrogen) atoms. The molecule has 1 aromatic rings. The van der Waals surface area contributed by atoms with E-state index in [1.807, 2.05) is 13.8 Å². The molecule has 0 saturated carbocycles. The maximum atomic E-state index is 12.4. The molecule has 0 atom stereocenters. The van der Waals surface area contributed by atoms with Gasteiger partial charge < -0.3 is 10.1 Å². The van der Waals surface area contributed by atoms with Crippen LogP contribution in [0.15, 0.2) is 18.3 Å². The van der Waals surface area contributed by atoms with E-state index in [1.54, 1.807) is 0 Å². The predicted octanol–water partition coefficient (Wildman–Crippen LogP) is 3.45. The van der Waals surface area contributed by atoms with Crippen LogP contribution in [0.2, 0.25) is 0 Å². The standard InChI is InChI=1S/C12H14F6N2O/c1-7(2)20-6-8-5-9(3-4-19-8)21-10(11(13,14)15)12(16,17)18/h3-5,7,10,20H,6H2,1-2H3. The van der Waals surface area contributed by atoms with Crippen LogP contribution in [0, 0.1) is 0 Å². The second-order valence-electron chi connectivity index (χ2n) is 4.60. The number of aromatic nitrogens is 1. The van der Waals surface area contributed by atoms with Gasteiger partial charge in [-0.3, -0.25) is 4.98 Å². The molecule has 0 aliphatic rings. The highest BCUT2D eigenvalue weighted by Gasteiger charge is 2.59. The van der Waals surface area contributed by atoms with Gasteiger partial charge in [0.15, 0.2) is 0 Å². The van der Waals surface area contributed by atoms with Crippen molar-refractivity contribution in [1.29, 1.82) is 0 Å². The Kier molecular flexibility index (Phi) is 5.43. The van der Waals surface area contributed by atoms with Gasteiger partial charge >= 0.3 is 12.4 Å². The predicted molar refractivity (Wildman–Crippen MR) is 62.7 cm³/mol. The Hall–Kier alpha value is -1.51. The molecular formula is C12H14F6N2O. The van der Waals surface area contributed by atoms with Crippen LogP contribution in [0.3, 0.4) is 0 Å². The third-order valence-corrected chi connectivity index (χ3v) is 2.33. The first-order chi connectivity index (χ1) is 9.50. The summed E-state index contributed by atoms with van der Waals surface area (Å²) in [4.78, 5) is 3.84. The van der Waals surface area contributed by atoms with Crippen molar-refractivity contribution in [3.8, 4) is 5.75 Å². The van der Waals surface area contributed by atoms with Crippen LogP contribution in [0.25, 0.3) is 0 Å². The van der Waals surface area contributed by atoms with Crippen LogP contribution < -0.4 is 10.1 Å². The molecule has 3 nitrogen and oxygen atoms in total. The lowest BCUT2D eigenvalue weighted by Gasteiger charge is -2.24. The number of hydrogen-bond acceptors (Lipinski definition) is 3. The molecule has 0 unspecified atom stereocenters. The molecule has 1 heterocycles. The zero-order valence-corrected chi connectivity index (χ0v) is 11.2. The molecule has 0 bridgehead atoms. The average molecular weight is 316 g/mol. The van der Waals surface area contributed by atoms with Crippen molar-refractivity contribution in [1.82, 2.24) is 10.3 Å². The Balaban J connectivity index is 2.88. The molecule has 9 heteroatoms. The summed E-state index contributed by atoms with van der Waals surface area (Å²) in [7, 11) is 0. The number of alkyl halides is 6. The summed E-state index contributed by atoms with van der Waals surface area (Å²) in [5.74, 6) is -0.537. The van der Waals surface area contributed by atoms with Gasteiger partial charge in [0, 0.05) is 24.8 Å². The van der Waals surface area contributed by atoms with Crippen molar-refractivity contribution >= 4 is 0 Å². The number of hydrogen-bond donors (Lipinski definition) is 1. The van der Waals surface area contributed by atoms with E-state index in [1.165, 1.54) is 0 Å². The molecule has 120 valence electrons. The Morgan fingerprint density at radius 2 is 1.71 bits per heavy atom. The van der Waals surface area contributed by atoms with E-state index in [0.717, 1.165) is 18.3 Å². The topological polar surface area (TPSA) is 34.1 Å². The van der Waals surface area contributed by atoms with Crippen molar-refractivity contribution in [2.45, 2.75) is 44.9 Å². The Morgan fingerprint density at radius 1 is 1.14 bits per heavy atom. The first-order valence-electron chi connectivity index (χ1n) is 5.98. The number of nitrogens with zero attached hydrogens (tertiary/aromatic N) is 1. The lowest BCUT2D eigenvalue weighted by Crippen LogP contribution is -2.46. The molecule has 1 aromatic heterocycles. The molecule has 0 fully saturated rings. The highest BCUT2D eigenvalue weighted by molar-refractivity contribution is 5.23. The van der Waals surface area contributed by atoms with Gasteiger partial charge in [0.25, 0.3) is 6.10 Å². The second kappa shape index (κ2) is 6.50. The summed E-state index contributed by atoms with van der Waals surface area (Å²) in [6.45, 7) is 3.88. The quantitative estimate of drug-likeness (QED) is 0.845. The maximum Gasteiger partial charge on any atom is 0.434 e. The molecule has 0 aromatic carbocycles. The van der Waals surface area contributed by atoms with Gasteiger partial charge in [0.1, 0.15) is 5.75 Å². The van der Waals surface area contributed by atoms with E-state index < -0.39 is 24.2 Å². The third-order valence-electron chi connectivity index (χ3n) is 2.33. The van der Waals surface area contributed by atoms with Gasteiger partial charge in [-0.15, -0.1) is 0 Å². The minimum Gasteiger partial charge on any atom is -0.471 e. The summed E-state index contributed by atoms with van der Waals surface area (Å²) in [5, 5.41) is 2.94. The van der Waals surface area contributed by atoms with Gasteiger partial charge in [0.05, 0.1) is 5.69 Å². The van der Waals surface area contributed by atoms with E-state index in [2.05, 4.69) is 15.0 Å². The summed E-state index contributed by atoms with van der Waals surface area (Å²) in [6, 6.07) is 2.08. The van der Waals surface area contributed by atoms with Crippen LogP contribution in [-0.2, 0) is 6.54 Å². The van der Waals surface area contributed by atoms with Crippen LogP contribution in [0.1, 0.15) is 19.5 Å². The fourth-order valence-electron chi connectivity index (χ4n) is 1.39. The molecule has 1 N–H and O–H groups in total. The van der Waals surface area contributed by atoms with Gasteiger partial charge in [0.2, 0.25) is 0 Å². The summed E-state index contributed by atoms with van der Waals surface area (Å²) in [5.41, 5.74) is 0.282. The number of nitrogens with one attached hydrogen (secondary N) is 1. The van der Waals surface area contributed by atoms with Gasteiger partial charge in [-0.05, 0) is 6.07 Å². The maximum absolute atomic E-state index is 12.4. The summed E-state index contributed by atoms with van der Waals surface area (Å²) in [6.07, 6.45) is -13.9. The van der Waals surface area contributed by atoms with E-state index in [9.17, 15) is 26.3 Å². The lowest BCUT2D eigenvalue weighted by molar-refractivity contribution is -0.299. The smallest absolute Gasteiger partial charge is 0.434 e. The Morgan fingerprint density at radius 3 is 2.19 bits per heavy atom. The number of ether oxygens (including phenoxy) is 1. The van der Waals surface area contributed by atoms with E-state index in [-0.39, 0.29) is 18.3 Å². The average Bonchev–Trinajstić information content (AvgIpc) is 2.31. The number of rotatable bonds is 5. The monoisotopic (exact) mass is 316 g/mol. The van der Waals surface area contributed by atoms with Gasteiger partial charge in [-0.25, -0.2) is 0 Å². The largest absolute Gasteiger partial charge is 0.471 e. The molecule has 0 aliphatic heterocycles. The third kappa shape index (κ3) is 5.78. The van der Waals surface area contributed by atoms with E-state index in [4.69, 9.17) is 0 Å². The van der Waals surface area contributed by atoms with Crippen LogP contribution in [0.5, 0.6) is 5.75 Å². The molecule has 1 rings (SSSR count). The van der Waals surface area contributed by atoms with E-state index in [0.29, 0.717) is 0 Å². The minimum absolute atomic E-state index is 0.0921. The molecule has 0 amide bonds. The minimum atomic E-state index is -5.54. The van der Waals surface area contributed by atoms with Gasteiger partial charge in [-0.2, -0.15) is 26.3 Å². The van der Waals surface area contributed by atoms with Gasteiger partial charge in [-0.1, -0.05) is 13.8 Å². The van der Waals surface area contributed by atoms with Crippen LogP contribution in [0.4, 0.5) is 26.3 Å². The second-order valence-corrected chi connectivity index (χ2v) is 4.60. The molecule has 0 spiro atoms. The molecular weight excluding hydrogens is 302 g/mol. The van der Waals surface area contributed by atoms with Crippen molar-refractivity contribution < 1.29 is 31.1 Å². The zero-order valence-electron chi connectivity index (χ0n) is 11.2. The fraction of sp³-hybridized carbons (Fsp3) is 0.583. The van der Waals surface area contributed by atoms with E-state index >= 15 is 0 Å². The SMILES string of the molecule is CC(C)NCc1cc(OC(C(F)(F)F)C(F)(F)F)ccn1. The number of pyridine rings is 1. The molecule has 0 radical (unpaired) electrons. The first-order valence-corrected chi connectivity index (χ1v) is 5.98. The lowest BCUT2D eigenvalue weighted by atomic mass is 10.3. The highest BCUT2D eigenvalue weighted by atomic mass is 19.4. The normalized spacial score (nSPS) is 13.0. The molecule has 0 aliphatic carbocycles. The fourth-order valence-corrected chi connectivity index (χ4v) is 1.39. The first kappa shape index (κ1) is 17.5. The summed E-state index contributed by atoms with van der Waals surface area (Å²) >= 11 is 0. The highest BCUT2D eigenvalue weighted by Crippen LogP contribution is 2.36. The van der Waals surface area contributed by atoms with Crippen molar-refractivity contribution in [3.63, 3.8) is 0 Å². The van der Waals surface area contributed by atoms with Crippen molar-refractivity contribution in [3.05, 3.63) is 24.0 Å². The summed E-state index contributed by atoms with van der Waals surface area (Å²) < 4.78 is 78.4. The number of halogens is 6. The van der Waals surface area contributed by atoms with Crippen molar-refractivity contribution in [2.24, 2.45) is 0 Å². The zero-order chi connectivity index (χ0) is 16.3. The van der Waals surface area contributed by atoms with Crippen LogP contribution >= 0.6 is 0 Å². The Labute approximate surface area is 117 Å².